The van der Waals surface area contributed by atoms with Crippen molar-refractivity contribution >= 4 is 11.6 Å². The minimum absolute atomic E-state index is 0.328. The van der Waals surface area contributed by atoms with Crippen LogP contribution in [0.3, 0.4) is 0 Å². The van der Waals surface area contributed by atoms with Gasteiger partial charge in [-0.05, 0) is 19.3 Å². The van der Waals surface area contributed by atoms with Crippen LogP contribution in [0.15, 0.2) is 12.4 Å². The topological polar surface area (TPSA) is 81.1 Å². The lowest BCUT2D eigenvalue weighted by atomic mass is 10.1. The Morgan fingerprint density at radius 3 is 2.93 bits per heavy atom. The fourth-order valence-corrected chi connectivity index (χ4v) is 1.89. The van der Waals surface area contributed by atoms with Gasteiger partial charge >= 0.3 is 0 Å². The monoisotopic (exact) mass is 207 g/mol. The van der Waals surface area contributed by atoms with Crippen LogP contribution < -0.4 is 16.4 Å². The normalized spacial score (nSPS) is 22.5. The first kappa shape index (κ1) is 10.2. The van der Waals surface area contributed by atoms with E-state index in [0.29, 0.717) is 11.9 Å². The maximum absolute atomic E-state index is 5.92. The number of nitrogens with zero attached hydrogens (tertiary/aromatic N) is 3. The Labute approximate surface area is 89.5 Å². The number of anilines is 2. The Hall–Kier alpha value is -1.36. The van der Waals surface area contributed by atoms with Crippen LogP contribution in [-0.2, 0) is 0 Å². The molecule has 15 heavy (non-hydrogen) atoms. The summed E-state index contributed by atoms with van der Waals surface area (Å²) >= 11 is 0. The summed E-state index contributed by atoms with van der Waals surface area (Å²) < 4.78 is 0. The quantitative estimate of drug-likeness (QED) is 0.695. The standard InChI is InChI=1S/C10H17N5/c11-8-2-1-4-15(5-3-8)10-6-9(12)13-7-14-10/h6-8H,1-5,11H2,(H2,12,13,14). The van der Waals surface area contributed by atoms with E-state index in [2.05, 4.69) is 14.9 Å². The molecule has 4 N–H and O–H groups in total. The van der Waals surface area contributed by atoms with Crippen LogP contribution in [0.1, 0.15) is 19.3 Å². The second kappa shape index (κ2) is 4.44. The minimum atomic E-state index is 0.328. The minimum Gasteiger partial charge on any atom is -0.384 e. The highest BCUT2D eigenvalue weighted by Crippen LogP contribution is 2.17. The third kappa shape index (κ3) is 2.56. The molecular weight excluding hydrogens is 190 g/mol. The highest BCUT2D eigenvalue weighted by atomic mass is 15.2. The molecule has 2 heterocycles. The molecule has 0 bridgehead atoms. The van der Waals surface area contributed by atoms with Crippen molar-refractivity contribution in [2.75, 3.05) is 23.7 Å². The fourth-order valence-electron chi connectivity index (χ4n) is 1.89. The molecule has 5 heteroatoms. The van der Waals surface area contributed by atoms with Crippen molar-refractivity contribution in [3.8, 4) is 0 Å². The average Bonchev–Trinajstić information content (AvgIpc) is 2.43. The van der Waals surface area contributed by atoms with Crippen LogP contribution in [0.4, 0.5) is 11.6 Å². The maximum Gasteiger partial charge on any atom is 0.134 e. The molecule has 5 nitrogen and oxygen atoms in total. The SMILES string of the molecule is Nc1cc(N2CCCC(N)CC2)ncn1. The molecule has 1 aliphatic rings. The van der Waals surface area contributed by atoms with Gasteiger partial charge in [0.25, 0.3) is 0 Å². The molecule has 0 amide bonds. The fraction of sp³-hybridized carbons (Fsp3) is 0.600. The van der Waals surface area contributed by atoms with Crippen LogP contribution in [0, 0.1) is 0 Å². The lowest BCUT2D eigenvalue weighted by Gasteiger charge is -2.21. The summed E-state index contributed by atoms with van der Waals surface area (Å²) in [5.41, 5.74) is 11.5. The Morgan fingerprint density at radius 2 is 2.13 bits per heavy atom. The van der Waals surface area contributed by atoms with E-state index in [4.69, 9.17) is 11.5 Å². The highest BCUT2D eigenvalue weighted by molar-refractivity contribution is 5.45. The highest BCUT2D eigenvalue weighted by Gasteiger charge is 2.15. The molecule has 0 aromatic carbocycles. The zero-order chi connectivity index (χ0) is 10.7. The lowest BCUT2D eigenvalue weighted by Crippen LogP contribution is -2.27. The predicted octanol–water partition coefficient (Wildman–Crippen LogP) is 0.376. The number of nitrogen functional groups attached to an aromatic ring is 1. The molecule has 0 saturated carbocycles. The molecule has 1 aliphatic heterocycles. The summed E-state index contributed by atoms with van der Waals surface area (Å²) in [6, 6.07) is 2.14. The van der Waals surface area contributed by atoms with Crippen LogP contribution >= 0.6 is 0 Å². The molecular formula is C10H17N5. The largest absolute Gasteiger partial charge is 0.384 e. The van der Waals surface area contributed by atoms with Gasteiger partial charge in [0.05, 0.1) is 0 Å². The Kier molecular flexibility index (Phi) is 3.01. The van der Waals surface area contributed by atoms with Crippen molar-refractivity contribution in [3.63, 3.8) is 0 Å². The smallest absolute Gasteiger partial charge is 0.134 e. The number of nitrogens with two attached hydrogens (primary N) is 2. The van der Waals surface area contributed by atoms with Crippen LogP contribution in [-0.4, -0.2) is 29.1 Å². The van der Waals surface area contributed by atoms with Crippen LogP contribution in [0.5, 0.6) is 0 Å². The molecule has 0 aliphatic carbocycles. The first-order valence-corrected chi connectivity index (χ1v) is 5.34. The van der Waals surface area contributed by atoms with Gasteiger partial charge in [0, 0.05) is 25.2 Å². The zero-order valence-electron chi connectivity index (χ0n) is 8.76. The number of hydrogen-bond donors (Lipinski definition) is 2. The summed E-state index contributed by atoms with van der Waals surface area (Å²) in [6.07, 6.45) is 4.74. The van der Waals surface area contributed by atoms with Crippen molar-refractivity contribution in [1.82, 2.24) is 9.97 Å². The summed E-state index contributed by atoms with van der Waals surface area (Å²) in [5.74, 6) is 1.44. The second-order valence-corrected chi connectivity index (χ2v) is 3.98. The van der Waals surface area contributed by atoms with E-state index in [1.165, 1.54) is 6.33 Å². The van der Waals surface area contributed by atoms with Crippen LogP contribution in [0.25, 0.3) is 0 Å². The van der Waals surface area contributed by atoms with Gasteiger partial charge in [0.1, 0.15) is 18.0 Å². The maximum atomic E-state index is 5.92. The molecule has 0 spiro atoms. The van der Waals surface area contributed by atoms with Crippen LogP contribution in [0.2, 0.25) is 0 Å². The molecule has 2 rings (SSSR count). The number of aromatic nitrogens is 2. The van der Waals surface area contributed by atoms with E-state index >= 15 is 0 Å². The summed E-state index contributed by atoms with van der Waals surface area (Å²) in [6.45, 7) is 1.96. The zero-order valence-corrected chi connectivity index (χ0v) is 8.76. The Bertz CT molecular complexity index is 327. The Balaban J connectivity index is 2.09. The first-order valence-electron chi connectivity index (χ1n) is 5.34. The molecule has 1 atom stereocenters. The van der Waals surface area contributed by atoms with Gasteiger partial charge in [-0.3, -0.25) is 0 Å². The molecule has 1 saturated heterocycles. The molecule has 0 radical (unpaired) electrons. The van der Waals surface area contributed by atoms with E-state index in [9.17, 15) is 0 Å². The molecule has 1 unspecified atom stereocenters. The summed E-state index contributed by atoms with van der Waals surface area (Å²) in [5, 5.41) is 0. The van der Waals surface area contributed by atoms with E-state index in [1.807, 2.05) is 6.07 Å². The number of hydrogen-bond acceptors (Lipinski definition) is 5. The number of rotatable bonds is 1. The van der Waals surface area contributed by atoms with Crippen molar-refractivity contribution < 1.29 is 0 Å². The first-order chi connectivity index (χ1) is 7.25. The summed E-state index contributed by atoms with van der Waals surface area (Å²) in [4.78, 5) is 10.3. The lowest BCUT2D eigenvalue weighted by molar-refractivity contribution is 0.601. The van der Waals surface area contributed by atoms with E-state index in [0.717, 1.165) is 38.2 Å². The molecule has 1 aromatic rings. The molecule has 82 valence electrons. The van der Waals surface area contributed by atoms with Gasteiger partial charge in [0.2, 0.25) is 0 Å². The average molecular weight is 207 g/mol. The predicted molar refractivity (Wildman–Crippen MR) is 60.5 cm³/mol. The van der Waals surface area contributed by atoms with E-state index in [1.54, 1.807) is 0 Å². The van der Waals surface area contributed by atoms with Crippen molar-refractivity contribution in [3.05, 3.63) is 12.4 Å². The molecule has 1 aromatic heterocycles. The van der Waals surface area contributed by atoms with Crippen molar-refractivity contribution in [2.24, 2.45) is 5.73 Å². The van der Waals surface area contributed by atoms with Gasteiger partial charge in [0.15, 0.2) is 0 Å². The van der Waals surface area contributed by atoms with Crippen molar-refractivity contribution in [2.45, 2.75) is 25.3 Å². The third-order valence-corrected chi connectivity index (χ3v) is 2.77. The molecule has 1 fully saturated rings. The van der Waals surface area contributed by atoms with Gasteiger partial charge in [-0.1, -0.05) is 0 Å². The van der Waals surface area contributed by atoms with Crippen molar-refractivity contribution in [1.29, 1.82) is 0 Å². The summed E-state index contributed by atoms with van der Waals surface area (Å²) in [7, 11) is 0. The van der Waals surface area contributed by atoms with E-state index < -0.39 is 0 Å². The van der Waals surface area contributed by atoms with Gasteiger partial charge < -0.3 is 16.4 Å². The van der Waals surface area contributed by atoms with Gasteiger partial charge in [-0.15, -0.1) is 0 Å². The Morgan fingerprint density at radius 1 is 1.27 bits per heavy atom. The second-order valence-electron chi connectivity index (χ2n) is 3.98. The van der Waals surface area contributed by atoms with Gasteiger partial charge in [-0.25, -0.2) is 9.97 Å². The third-order valence-electron chi connectivity index (χ3n) is 2.77. The van der Waals surface area contributed by atoms with Gasteiger partial charge in [-0.2, -0.15) is 0 Å². The van der Waals surface area contributed by atoms with E-state index in [-0.39, 0.29) is 0 Å².